The molecule has 2 aromatic heterocycles. The SMILES string of the molecule is CP(C)(=O)c1c(F)ccc2cc(O)cc(-c3ncc4c(N5C[C@H]6CC[C@@H](C5)N6)nc(OC[C@@]56CCCN5C[C@H](F)C6)nc4c3F)c12. The molecule has 13 heteroatoms. The lowest BCUT2D eigenvalue weighted by Crippen LogP contribution is -2.51. The first kappa shape index (κ1) is 29.9. The van der Waals surface area contributed by atoms with Gasteiger partial charge in [-0.05, 0) is 69.1 Å². The molecule has 4 saturated heterocycles. The number of piperazine rings is 1. The molecule has 46 heavy (non-hydrogen) atoms. The van der Waals surface area contributed by atoms with Gasteiger partial charge in [-0.1, -0.05) is 6.07 Å². The molecule has 0 amide bonds. The third-order valence-corrected chi connectivity index (χ3v) is 11.7. The maximum absolute atomic E-state index is 16.9. The zero-order valence-electron chi connectivity index (χ0n) is 25.8. The average Bonchev–Trinajstić information content (AvgIpc) is 3.65. The zero-order chi connectivity index (χ0) is 32.0. The van der Waals surface area contributed by atoms with Gasteiger partial charge in [0, 0.05) is 55.3 Å². The molecule has 4 aliphatic rings. The van der Waals surface area contributed by atoms with Crippen molar-refractivity contribution in [3.63, 3.8) is 0 Å². The van der Waals surface area contributed by atoms with Crippen molar-refractivity contribution in [3.8, 4) is 23.0 Å². The molecular formula is C33H36F3N6O3P. The minimum atomic E-state index is -3.20. The van der Waals surface area contributed by atoms with Gasteiger partial charge in [-0.3, -0.25) is 9.88 Å². The summed E-state index contributed by atoms with van der Waals surface area (Å²) in [6.45, 7) is 5.63. The Balaban J connectivity index is 1.29. The van der Waals surface area contributed by atoms with Crippen LogP contribution < -0.4 is 20.3 Å². The number of hydrogen-bond donors (Lipinski definition) is 2. The molecule has 2 bridgehead atoms. The van der Waals surface area contributed by atoms with E-state index < -0.39 is 30.5 Å². The van der Waals surface area contributed by atoms with Gasteiger partial charge in [-0.2, -0.15) is 9.97 Å². The zero-order valence-corrected chi connectivity index (χ0v) is 26.7. The molecule has 0 radical (unpaired) electrons. The molecule has 4 aromatic rings. The highest BCUT2D eigenvalue weighted by atomic mass is 31.2. The van der Waals surface area contributed by atoms with Crippen LogP contribution in [0.5, 0.6) is 11.8 Å². The van der Waals surface area contributed by atoms with Crippen LogP contribution in [0.4, 0.5) is 19.0 Å². The van der Waals surface area contributed by atoms with Crippen molar-refractivity contribution in [2.24, 2.45) is 0 Å². The van der Waals surface area contributed by atoms with E-state index in [-0.39, 0.29) is 57.9 Å². The second kappa shape index (κ2) is 10.8. The van der Waals surface area contributed by atoms with Crippen LogP contribution in [0.25, 0.3) is 32.9 Å². The van der Waals surface area contributed by atoms with E-state index in [4.69, 9.17) is 9.72 Å². The number of ether oxygens (including phenoxy) is 1. The maximum atomic E-state index is 16.9. The third kappa shape index (κ3) is 4.91. The van der Waals surface area contributed by atoms with Crippen LogP contribution in [0.15, 0.2) is 30.5 Å². The van der Waals surface area contributed by atoms with E-state index in [1.807, 2.05) is 0 Å². The summed E-state index contributed by atoms with van der Waals surface area (Å²) >= 11 is 0. The van der Waals surface area contributed by atoms with E-state index in [9.17, 15) is 14.1 Å². The Morgan fingerprint density at radius 1 is 1.13 bits per heavy atom. The number of nitrogens with one attached hydrogen (secondary N) is 1. The topological polar surface area (TPSA) is 104 Å². The van der Waals surface area contributed by atoms with E-state index in [1.165, 1.54) is 43.8 Å². The lowest BCUT2D eigenvalue weighted by Gasteiger charge is -2.34. The Morgan fingerprint density at radius 3 is 2.67 bits per heavy atom. The van der Waals surface area contributed by atoms with Crippen molar-refractivity contribution >= 4 is 39.9 Å². The van der Waals surface area contributed by atoms with Gasteiger partial charge in [0.25, 0.3) is 0 Å². The summed E-state index contributed by atoms with van der Waals surface area (Å²) in [6.07, 6.45) is 4.79. The monoisotopic (exact) mass is 652 g/mol. The number of nitrogens with zero attached hydrogens (tertiary/aromatic N) is 5. The van der Waals surface area contributed by atoms with Crippen molar-refractivity contribution in [2.75, 3.05) is 51.0 Å². The molecule has 8 rings (SSSR count). The van der Waals surface area contributed by atoms with Gasteiger partial charge in [-0.25, -0.2) is 13.2 Å². The number of anilines is 1. The largest absolute Gasteiger partial charge is 0.508 e. The quantitative estimate of drug-likeness (QED) is 0.280. The first-order valence-corrected chi connectivity index (χ1v) is 18.5. The van der Waals surface area contributed by atoms with Crippen LogP contribution in [0.3, 0.4) is 0 Å². The molecule has 2 N–H and O–H groups in total. The van der Waals surface area contributed by atoms with Crippen LogP contribution in [0.1, 0.15) is 32.1 Å². The van der Waals surface area contributed by atoms with Crippen molar-refractivity contribution < 1.29 is 27.6 Å². The fourth-order valence-electron chi connectivity index (χ4n) is 8.25. The van der Waals surface area contributed by atoms with Crippen LogP contribution in [0, 0.1) is 11.6 Å². The first-order valence-electron chi connectivity index (χ1n) is 15.9. The summed E-state index contributed by atoms with van der Waals surface area (Å²) in [5.41, 5.74) is -0.530. The molecule has 9 nitrogen and oxygen atoms in total. The second-order valence-electron chi connectivity index (χ2n) is 13.8. The summed E-state index contributed by atoms with van der Waals surface area (Å²) < 4.78 is 66.2. The number of alkyl halides is 1. The van der Waals surface area contributed by atoms with Crippen molar-refractivity contribution in [3.05, 3.63) is 42.1 Å². The molecule has 4 aliphatic heterocycles. The minimum Gasteiger partial charge on any atom is -0.508 e. The van der Waals surface area contributed by atoms with Gasteiger partial charge in [0.05, 0.1) is 16.2 Å². The third-order valence-electron chi connectivity index (χ3n) is 10.2. The molecule has 2 aromatic carbocycles. The number of benzene rings is 2. The van der Waals surface area contributed by atoms with E-state index in [2.05, 4.69) is 25.1 Å². The highest BCUT2D eigenvalue weighted by Crippen LogP contribution is 2.44. The van der Waals surface area contributed by atoms with Crippen molar-refractivity contribution in [1.82, 2.24) is 25.2 Å². The Morgan fingerprint density at radius 2 is 1.91 bits per heavy atom. The van der Waals surface area contributed by atoms with Crippen LogP contribution in [-0.2, 0) is 4.57 Å². The Kier molecular flexibility index (Phi) is 7.01. The Labute approximate surface area is 264 Å². The van der Waals surface area contributed by atoms with E-state index >= 15 is 8.78 Å². The molecule has 4 fully saturated rings. The number of pyridine rings is 1. The number of fused-ring (bicyclic) bond motifs is 5. The molecule has 4 atom stereocenters. The maximum Gasteiger partial charge on any atom is 0.319 e. The lowest BCUT2D eigenvalue weighted by atomic mass is 9.95. The van der Waals surface area contributed by atoms with Crippen LogP contribution in [-0.4, -0.2) is 94.9 Å². The summed E-state index contributed by atoms with van der Waals surface area (Å²) in [5, 5.41) is 15.2. The average molecular weight is 653 g/mol. The highest BCUT2D eigenvalue weighted by molar-refractivity contribution is 7.70. The molecule has 242 valence electrons. The summed E-state index contributed by atoms with van der Waals surface area (Å²) in [6, 6.07) is 5.96. The predicted octanol–water partition coefficient (Wildman–Crippen LogP) is 4.97. The second-order valence-corrected chi connectivity index (χ2v) is 16.9. The Bertz CT molecular complexity index is 1930. The summed E-state index contributed by atoms with van der Waals surface area (Å²) in [7, 11) is -3.20. The van der Waals surface area contributed by atoms with Crippen molar-refractivity contribution in [2.45, 2.75) is 55.9 Å². The Hall–Kier alpha value is -3.47. The molecular weight excluding hydrogens is 616 g/mol. The van der Waals surface area contributed by atoms with Crippen molar-refractivity contribution in [1.29, 1.82) is 0 Å². The fourth-order valence-corrected chi connectivity index (χ4v) is 9.63. The van der Waals surface area contributed by atoms with Crippen LogP contribution in [0.2, 0.25) is 0 Å². The number of phenols is 1. The van der Waals surface area contributed by atoms with Gasteiger partial charge in [0.2, 0.25) is 0 Å². The summed E-state index contributed by atoms with van der Waals surface area (Å²) in [4.78, 5) is 18.1. The first-order chi connectivity index (χ1) is 22.0. The lowest BCUT2D eigenvalue weighted by molar-refractivity contribution is 0.107. The van der Waals surface area contributed by atoms with Gasteiger partial charge in [-0.15, -0.1) is 0 Å². The van der Waals surface area contributed by atoms with Gasteiger partial charge in [0.15, 0.2) is 5.82 Å². The van der Waals surface area contributed by atoms with E-state index in [1.54, 1.807) is 0 Å². The number of phenolic OH excluding ortho intramolecular Hbond substituents is 1. The van der Waals surface area contributed by atoms with Gasteiger partial charge in [0.1, 0.15) is 48.5 Å². The molecule has 0 spiro atoms. The molecule has 0 saturated carbocycles. The predicted molar refractivity (Wildman–Crippen MR) is 172 cm³/mol. The van der Waals surface area contributed by atoms with Crippen LogP contribution >= 0.6 is 7.14 Å². The number of halogens is 3. The smallest absolute Gasteiger partial charge is 0.319 e. The number of aromatic hydroxyl groups is 1. The standard InChI is InChI=1S/C33H36F3N6O3P/c1-46(2,44)30-25(35)7-4-18-10-22(43)11-23(26(18)30)28-27(36)29-24(13-37-28)31(41-15-20-5-6-21(16-41)38-20)40-32(39-29)45-17-33-8-3-9-42(33)14-19(34)12-33/h4,7,10-11,13,19-21,38,43H,3,5-6,8-9,12,14-17H2,1-2H3/t19-,20-,21+,33+/m1/s1. The minimum absolute atomic E-state index is 0.00733. The van der Waals surface area contributed by atoms with Gasteiger partial charge < -0.3 is 24.6 Å². The molecule has 0 aliphatic carbocycles. The number of aromatic nitrogens is 3. The van der Waals surface area contributed by atoms with E-state index in [0.717, 1.165) is 32.2 Å². The van der Waals surface area contributed by atoms with Gasteiger partial charge >= 0.3 is 6.01 Å². The molecule has 6 heterocycles. The fraction of sp³-hybridized carbons (Fsp3) is 0.485. The summed E-state index contributed by atoms with van der Waals surface area (Å²) in [5.74, 6) is -1.13. The highest BCUT2D eigenvalue weighted by Gasteiger charge is 2.49. The number of rotatable bonds is 6. The molecule has 0 unspecified atom stereocenters. The number of hydrogen-bond acceptors (Lipinski definition) is 9. The van der Waals surface area contributed by atoms with E-state index in [0.29, 0.717) is 42.6 Å². The normalized spacial score (nSPS) is 26.4.